The van der Waals surface area contributed by atoms with Gasteiger partial charge in [-0.05, 0) is 43.3 Å². The van der Waals surface area contributed by atoms with Crippen molar-refractivity contribution in [2.24, 2.45) is 4.99 Å². The van der Waals surface area contributed by atoms with E-state index in [1.165, 1.54) is 5.56 Å². The maximum Gasteiger partial charge on any atom is 0.154 e. The van der Waals surface area contributed by atoms with Crippen molar-refractivity contribution in [3.8, 4) is 0 Å². The lowest BCUT2D eigenvalue weighted by Gasteiger charge is -2.10. The van der Waals surface area contributed by atoms with Gasteiger partial charge in [-0.25, -0.2) is 4.98 Å². The smallest absolute Gasteiger partial charge is 0.154 e. The summed E-state index contributed by atoms with van der Waals surface area (Å²) in [5.74, 6) is 1.66. The van der Waals surface area contributed by atoms with E-state index in [-0.39, 0.29) is 0 Å². The average Bonchev–Trinajstić information content (AvgIpc) is 2.79. The van der Waals surface area contributed by atoms with E-state index < -0.39 is 0 Å². The van der Waals surface area contributed by atoms with Crippen LogP contribution in [0.4, 0.5) is 17.2 Å². The predicted octanol–water partition coefficient (Wildman–Crippen LogP) is 3.94. The van der Waals surface area contributed by atoms with Crippen molar-refractivity contribution in [2.45, 2.75) is 13.3 Å². The van der Waals surface area contributed by atoms with Gasteiger partial charge in [0, 0.05) is 36.6 Å². The van der Waals surface area contributed by atoms with E-state index >= 15 is 0 Å². The van der Waals surface area contributed by atoms with Crippen molar-refractivity contribution in [3.05, 3.63) is 77.7 Å². The molecule has 0 amide bonds. The highest BCUT2D eigenvalue weighted by atomic mass is 15.1. The SMILES string of the molecule is Cc1ccc2c(c1)C(=NCCc1ccccn1)Nc1cccnc1N2. The molecule has 0 saturated carbocycles. The Morgan fingerprint density at radius 3 is 2.72 bits per heavy atom. The van der Waals surface area contributed by atoms with Crippen LogP contribution >= 0.6 is 0 Å². The number of benzene rings is 1. The molecule has 5 nitrogen and oxygen atoms in total. The lowest BCUT2D eigenvalue weighted by molar-refractivity contribution is 0.923. The van der Waals surface area contributed by atoms with Gasteiger partial charge in [-0.15, -0.1) is 0 Å². The highest BCUT2D eigenvalue weighted by Crippen LogP contribution is 2.30. The first-order valence-electron chi connectivity index (χ1n) is 8.34. The Bertz CT molecular complexity index is 918. The van der Waals surface area contributed by atoms with Gasteiger partial charge in [0.2, 0.25) is 0 Å². The quantitative estimate of drug-likeness (QED) is 0.764. The minimum atomic E-state index is 0.669. The number of hydrogen-bond donors (Lipinski definition) is 2. The van der Waals surface area contributed by atoms with Crippen LogP contribution in [0.25, 0.3) is 0 Å². The van der Waals surface area contributed by atoms with Crippen LogP contribution in [0.2, 0.25) is 0 Å². The summed E-state index contributed by atoms with van der Waals surface area (Å²) in [5, 5.41) is 6.84. The van der Waals surface area contributed by atoms with Crippen LogP contribution in [-0.4, -0.2) is 22.3 Å². The maximum absolute atomic E-state index is 4.82. The topological polar surface area (TPSA) is 62.2 Å². The second-order valence-electron chi connectivity index (χ2n) is 6.00. The summed E-state index contributed by atoms with van der Waals surface area (Å²) in [5.41, 5.74) is 5.22. The molecule has 0 unspecified atom stereocenters. The summed E-state index contributed by atoms with van der Waals surface area (Å²) in [6.45, 7) is 2.75. The Hall–Kier alpha value is -3.21. The van der Waals surface area contributed by atoms with Gasteiger partial charge in [-0.1, -0.05) is 17.7 Å². The molecular formula is C20H19N5. The van der Waals surface area contributed by atoms with Crippen molar-refractivity contribution in [1.29, 1.82) is 0 Å². The van der Waals surface area contributed by atoms with Crippen LogP contribution in [0, 0.1) is 6.92 Å². The largest absolute Gasteiger partial charge is 0.338 e. The fourth-order valence-corrected chi connectivity index (χ4v) is 2.84. The van der Waals surface area contributed by atoms with Gasteiger partial charge in [-0.3, -0.25) is 9.98 Å². The first kappa shape index (κ1) is 15.3. The third kappa shape index (κ3) is 3.35. The summed E-state index contributed by atoms with van der Waals surface area (Å²) in [6, 6.07) is 16.2. The van der Waals surface area contributed by atoms with Crippen LogP contribution in [0.3, 0.4) is 0 Å². The molecule has 4 rings (SSSR count). The zero-order valence-electron chi connectivity index (χ0n) is 14.0. The lowest BCUT2D eigenvalue weighted by atomic mass is 10.1. The lowest BCUT2D eigenvalue weighted by Crippen LogP contribution is -2.14. The molecule has 1 aliphatic heterocycles. The van der Waals surface area contributed by atoms with Gasteiger partial charge >= 0.3 is 0 Å². The van der Waals surface area contributed by atoms with E-state index in [1.54, 1.807) is 6.20 Å². The number of rotatable bonds is 3. The van der Waals surface area contributed by atoms with Crippen LogP contribution in [0.15, 0.2) is 65.9 Å². The molecule has 0 bridgehead atoms. The molecule has 3 heterocycles. The molecular weight excluding hydrogens is 310 g/mol. The molecule has 1 aliphatic rings. The molecule has 124 valence electrons. The van der Waals surface area contributed by atoms with Crippen molar-refractivity contribution in [3.63, 3.8) is 0 Å². The molecule has 2 N–H and O–H groups in total. The number of pyridine rings is 2. The van der Waals surface area contributed by atoms with Gasteiger partial charge in [-0.2, -0.15) is 0 Å². The van der Waals surface area contributed by atoms with E-state index in [0.717, 1.165) is 40.7 Å². The van der Waals surface area contributed by atoms with E-state index in [9.17, 15) is 0 Å². The molecule has 25 heavy (non-hydrogen) atoms. The fraction of sp³-hybridized carbons (Fsp3) is 0.150. The zero-order valence-corrected chi connectivity index (χ0v) is 14.0. The predicted molar refractivity (Wildman–Crippen MR) is 102 cm³/mol. The fourth-order valence-electron chi connectivity index (χ4n) is 2.84. The first-order valence-corrected chi connectivity index (χ1v) is 8.34. The molecule has 0 saturated heterocycles. The van der Waals surface area contributed by atoms with Crippen molar-refractivity contribution in [1.82, 2.24) is 9.97 Å². The minimum Gasteiger partial charge on any atom is -0.338 e. The summed E-state index contributed by atoms with van der Waals surface area (Å²) in [6.07, 6.45) is 4.40. The summed E-state index contributed by atoms with van der Waals surface area (Å²) in [7, 11) is 0. The van der Waals surface area contributed by atoms with E-state index in [1.807, 2.05) is 36.5 Å². The second kappa shape index (κ2) is 6.73. The average molecular weight is 329 g/mol. The summed E-state index contributed by atoms with van der Waals surface area (Å²) in [4.78, 5) is 13.6. The van der Waals surface area contributed by atoms with Crippen molar-refractivity contribution < 1.29 is 0 Å². The van der Waals surface area contributed by atoms with Gasteiger partial charge in [0.05, 0.1) is 11.4 Å². The Morgan fingerprint density at radius 1 is 0.920 bits per heavy atom. The normalized spacial score (nSPS) is 14.0. The van der Waals surface area contributed by atoms with Crippen LogP contribution in [-0.2, 0) is 6.42 Å². The highest BCUT2D eigenvalue weighted by molar-refractivity contribution is 6.14. The number of nitrogens with zero attached hydrogens (tertiary/aromatic N) is 3. The molecule has 0 fully saturated rings. The molecule has 0 spiro atoms. The number of nitrogens with one attached hydrogen (secondary N) is 2. The Balaban J connectivity index is 1.67. The highest BCUT2D eigenvalue weighted by Gasteiger charge is 2.18. The van der Waals surface area contributed by atoms with Gasteiger partial charge in [0.15, 0.2) is 5.82 Å². The molecule has 3 aromatic rings. The number of aryl methyl sites for hydroxylation is 1. The molecule has 0 aliphatic carbocycles. The Morgan fingerprint density at radius 2 is 1.84 bits per heavy atom. The van der Waals surface area contributed by atoms with Gasteiger partial charge in [0.1, 0.15) is 5.84 Å². The number of aliphatic imine (C=N–C) groups is 1. The second-order valence-corrected chi connectivity index (χ2v) is 6.00. The molecule has 0 atom stereocenters. The first-order chi connectivity index (χ1) is 12.3. The summed E-state index contributed by atoms with van der Waals surface area (Å²) >= 11 is 0. The number of anilines is 3. The number of amidine groups is 1. The molecule has 0 radical (unpaired) electrons. The number of fused-ring (bicyclic) bond motifs is 2. The Kier molecular flexibility index (Phi) is 4.12. The monoisotopic (exact) mass is 329 g/mol. The van der Waals surface area contributed by atoms with E-state index in [0.29, 0.717) is 6.54 Å². The van der Waals surface area contributed by atoms with E-state index in [2.05, 4.69) is 45.7 Å². The van der Waals surface area contributed by atoms with Crippen LogP contribution in [0.1, 0.15) is 16.8 Å². The Labute approximate surface area is 146 Å². The minimum absolute atomic E-state index is 0.669. The van der Waals surface area contributed by atoms with Crippen molar-refractivity contribution in [2.75, 3.05) is 17.2 Å². The zero-order chi connectivity index (χ0) is 17.1. The van der Waals surface area contributed by atoms with E-state index in [4.69, 9.17) is 4.99 Å². The molecule has 5 heteroatoms. The van der Waals surface area contributed by atoms with Gasteiger partial charge in [0.25, 0.3) is 0 Å². The maximum atomic E-state index is 4.82. The number of hydrogen-bond acceptors (Lipinski definition) is 4. The third-order valence-electron chi connectivity index (χ3n) is 4.11. The molecule has 2 aromatic heterocycles. The third-order valence-corrected chi connectivity index (χ3v) is 4.11. The van der Waals surface area contributed by atoms with Gasteiger partial charge < -0.3 is 10.6 Å². The van der Waals surface area contributed by atoms with Crippen LogP contribution in [0.5, 0.6) is 0 Å². The summed E-state index contributed by atoms with van der Waals surface area (Å²) < 4.78 is 0. The standard InChI is InChI=1S/C20H19N5/c1-14-7-8-17-16(13-14)19(23-12-9-15-5-2-3-10-21-15)25-18-6-4-11-22-20(18)24-17/h2-8,10-11,13H,9,12H2,1H3,(H,22,24)(H,23,25). The number of aromatic nitrogens is 2. The van der Waals surface area contributed by atoms with Crippen molar-refractivity contribution >= 4 is 23.0 Å². The van der Waals surface area contributed by atoms with Crippen LogP contribution < -0.4 is 10.6 Å². The molecule has 1 aromatic carbocycles.